The summed E-state index contributed by atoms with van der Waals surface area (Å²) >= 11 is 6.94. The second-order valence-electron chi connectivity index (χ2n) is 5.14. The fourth-order valence-corrected chi connectivity index (χ4v) is 3.70. The van der Waals surface area contributed by atoms with Gasteiger partial charge in [0.05, 0.1) is 4.47 Å². The number of nitrogens with one attached hydrogen (secondary N) is 1. The van der Waals surface area contributed by atoms with Crippen LogP contribution < -0.4 is 10.1 Å². The molecule has 110 valence electrons. The van der Waals surface area contributed by atoms with E-state index >= 15 is 0 Å². The van der Waals surface area contributed by atoms with Crippen molar-refractivity contribution in [2.45, 2.75) is 12.5 Å². The molecule has 1 saturated heterocycles. The fraction of sp³-hybridized carbons (Fsp3) is 0.312. The van der Waals surface area contributed by atoms with Crippen LogP contribution in [-0.2, 0) is 0 Å². The van der Waals surface area contributed by atoms with Crippen LogP contribution in [0.1, 0.15) is 18.1 Å². The molecule has 5 heteroatoms. The van der Waals surface area contributed by atoms with Gasteiger partial charge in [0.25, 0.3) is 0 Å². The minimum absolute atomic E-state index is 0.0196. The summed E-state index contributed by atoms with van der Waals surface area (Å²) in [4.78, 5) is 4.38. The highest BCUT2D eigenvalue weighted by Gasteiger charge is 2.28. The SMILES string of the molecule is Brc1cnc(OC(c2ccccc2)C2CCNC2)c(Br)c1. The Morgan fingerprint density at radius 1 is 1.24 bits per heavy atom. The summed E-state index contributed by atoms with van der Waals surface area (Å²) < 4.78 is 8.05. The van der Waals surface area contributed by atoms with E-state index in [2.05, 4.69) is 66.4 Å². The van der Waals surface area contributed by atoms with E-state index in [-0.39, 0.29) is 6.10 Å². The second-order valence-corrected chi connectivity index (χ2v) is 6.91. The van der Waals surface area contributed by atoms with Crippen LogP contribution in [-0.4, -0.2) is 18.1 Å². The van der Waals surface area contributed by atoms with E-state index in [4.69, 9.17) is 4.74 Å². The molecule has 0 spiro atoms. The Labute approximate surface area is 141 Å². The van der Waals surface area contributed by atoms with Gasteiger partial charge in [-0.15, -0.1) is 0 Å². The van der Waals surface area contributed by atoms with Gasteiger partial charge in [0, 0.05) is 23.1 Å². The number of hydrogen-bond donors (Lipinski definition) is 1. The van der Waals surface area contributed by atoms with E-state index < -0.39 is 0 Å². The standard InChI is InChI=1S/C16H16Br2N2O/c17-13-8-14(18)16(20-10-13)21-15(12-6-7-19-9-12)11-4-2-1-3-5-11/h1-5,8,10,12,15,19H,6-7,9H2. The Bertz CT molecular complexity index is 600. The smallest absolute Gasteiger partial charge is 0.228 e. The summed E-state index contributed by atoms with van der Waals surface area (Å²) in [6, 6.07) is 12.3. The lowest BCUT2D eigenvalue weighted by Gasteiger charge is -2.24. The van der Waals surface area contributed by atoms with Crippen molar-refractivity contribution in [3.63, 3.8) is 0 Å². The van der Waals surface area contributed by atoms with Gasteiger partial charge < -0.3 is 10.1 Å². The van der Waals surface area contributed by atoms with Crippen LogP contribution in [0.15, 0.2) is 51.5 Å². The number of halogens is 2. The van der Waals surface area contributed by atoms with Crippen LogP contribution in [0, 0.1) is 5.92 Å². The first kappa shape index (κ1) is 15.0. The first-order chi connectivity index (χ1) is 10.2. The predicted molar refractivity (Wildman–Crippen MR) is 90.4 cm³/mol. The molecule has 1 aliphatic heterocycles. The topological polar surface area (TPSA) is 34.1 Å². The quantitative estimate of drug-likeness (QED) is 0.812. The van der Waals surface area contributed by atoms with E-state index in [0.29, 0.717) is 11.8 Å². The molecule has 0 aliphatic carbocycles. The molecule has 3 nitrogen and oxygen atoms in total. The molecule has 0 saturated carbocycles. The Kier molecular flexibility index (Phi) is 4.93. The van der Waals surface area contributed by atoms with Gasteiger partial charge >= 0.3 is 0 Å². The molecule has 21 heavy (non-hydrogen) atoms. The highest BCUT2D eigenvalue weighted by molar-refractivity contribution is 9.11. The van der Waals surface area contributed by atoms with Gasteiger partial charge in [-0.25, -0.2) is 4.98 Å². The minimum Gasteiger partial charge on any atom is -0.468 e. The molecule has 1 aromatic carbocycles. The zero-order chi connectivity index (χ0) is 14.7. The van der Waals surface area contributed by atoms with Crippen LogP contribution >= 0.6 is 31.9 Å². The van der Waals surface area contributed by atoms with Gasteiger partial charge in [-0.3, -0.25) is 0 Å². The molecule has 2 heterocycles. The van der Waals surface area contributed by atoms with Crippen LogP contribution in [0.25, 0.3) is 0 Å². The number of rotatable bonds is 4. The summed E-state index contributed by atoms with van der Waals surface area (Å²) in [5.74, 6) is 1.10. The van der Waals surface area contributed by atoms with Gasteiger partial charge in [-0.2, -0.15) is 0 Å². The van der Waals surface area contributed by atoms with Gasteiger partial charge in [0.1, 0.15) is 6.10 Å². The third kappa shape index (κ3) is 3.65. The molecule has 1 fully saturated rings. The summed E-state index contributed by atoms with van der Waals surface area (Å²) in [6.07, 6.45) is 2.90. The molecular weight excluding hydrogens is 396 g/mol. The fourth-order valence-electron chi connectivity index (χ4n) is 2.62. The number of hydrogen-bond acceptors (Lipinski definition) is 3. The number of nitrogens with zero attached hydrogens (tertiary/aromatic N) is 1. The zero-order valence-electron chi connectivity index (χ0n) is 11.4. The molecule has 2 aromatic rings. The highest BCUT2D eigenvalue weighted by atomic mass is 79.9. The van der Waals surface area contributed by atoms with E-state index in [1.165, 1.54) is 5.56 Å². The number of pyridine rings is 1. The maximum absolute atomic E-state index is 6.25. The normalized spacial score (nSPS) is 19.4. The molecule has 0 amide bonds. The Balaban J connectivity index is 1.88. The lowest BCUT2D eigenvalue weighted by Crippen LogP contribution is -2.21. The highest BCUT2D eigenvalue weighted by Crippen LogP contribution is 2.34. The van der Waals surface area contributed by atoms with E-state index in [1.54, 1.807) is 6.20 Å². The number of ether oxygens (including phenoxy) is 1. The van der Waals surface area contributed by atoms with E-state index in [9.17, 15) is 0 Å². The monoisotopic (exact) mass is 410 g/mol. The first-order valence-electron chi connectivity index (χ1n) is 6.97. The summed E-state index contributed by atoms with van der Waals surface area (Å²) in [5, 5.41) is 3.41. The first-order valence-corrected chi connectivity index (χ1v) is 8.56. The van der Waals surface area contributed by atoms with Gasteiger partial charge in [-0.1, -0.05) is 30.3 Å². The third-order valence-electron chi connectivity index (χ3n) is 3.67. The molecule has 2 atom stereocenters. The summed E-state index contributed by atoms with van der Waals surface area (Å²) in [6.45, 7) is 2.03. The average Bonchev–Trinajstić information content (AvgIpc) is 3.01. The Morgan fingerprint density at radius 3 is 2.71 bits per heavy atom. The van der Waals surface area contributed by atoms with Crippen molar-refractivity contribution in [2.75, 3.05) is 13.1 Å². The number of aromatic nitrogens is 1. The van der Waals surface area contributed by atoms with Gasteiger partial charge in [0.2, 0.25) is 5.88 Å². The zero-order valence-corrected chi connectivity index (χ0v) is 14.6. The van der Waals surface area contributed by atoms with Crippen molar-refractivity contribution in [3.05, 3.63) is 57.1 Å². The Hall–Kier alpha value is -0.910. The molecular formula is C16H16Br2N2O. The van der Waals surface area contributed by atoms with Crippen LogP contribution in [0.2, 0.25) is 0 Å². The summed E-state index contributed by atoms with van der Waals surface area (Å²) in [7, 11) is 0. The van der Waals surface area contributed by atoms with Gasteiger partial charge in [0.15, 0.2) is 0 Å². The molecule has 3 rings (SSSR count). The van der Waals surface area contributed by atoms with Crippen molar-refractivity contribution < 1.29 is 4.74 Å². The van der Waals surface area contributed by atoms with Crippen molar-refractivity contribution in [3.8, 4) is 5.88 Å². The maximum atomic E-state index is 6.25. The minimum atomic E-state index is 0.0196. The van der Waals surface area contributed by atoms with Crippen LogP contribution in [0.4, 0.5) is 0 Å². The average molecular weight is 412 g/mol. The van der Waals surface area contributed by atoms with Crippen molar-refractivity contribution >= 4 is 31.9 Å². The molecule has 2 unspecified atom stereocenters. The largest absolute Gasteiger partial charge is 0.468 e. The lowest BCUT2D eigenvalue weighted by atomic mass is 9.95. The lowest BCUT2D eigenvalue weighted by molar-refractivity contribution is 0.137. The number of benzene rings is 1. The second kappa shape index (κ2) is 6.90. The van der Waals surface area contributed by atoms with Crippen LogP contribution in [0.3, 0.4) is 0 Å². The van der Waals surface area contributed by atoms with Crippen LogP contribution in [0.5, 0.6) is 5.88 Å². The van der Waals surface area contributed by atoms with Crippen molar-refractivity contribution in [1.29, 1.82) is 0 Å². The third-order valence-corrected chi connectivity index (χ3v) is 4.67. The molecule has 0 bridgehead atoms. The Morgan fingerprint density at radius 2 is 2.05 bits per heavy atom. The predicted octanol–water partition coefficient (Wildman–Crippen LogP) is 4.34. The molecule has 1 N–H and O–H groups in total. The molecule has 1 aromatic heterocycles. The van der Waals surface area contributed by atoms with E-state index in [0.717, 1.165) is 28.5 Å². The van der Waals surface area contributed by atoms with Crippen molar-refractivity contribution in [1.82, 2.24) is 10.3 Å². The van der Waals surface area contributed by atoms with Crippen molar-refractivity contribution in [2.24, 2.45) is 5.92 Å². The van der Waals surface area contributed by atoms with E-state index in [1.807, 2.05) is 12.1 Å². The maximum Gasteiger partial charge on any atom is 0.228 e. The molecule has 1 aliphatic rings. The summed E-state index contributed by atoms with van der Waals surface area (Å²) in [5.41, 5.74) is 1.20. The molecule has 0 radical (unpaired) electrons. The van der Waals surface area contributed by atoms with Gasteiger partial charge in [-0.05, 0) is 56.5 Å².